The molecule has 1 aliphatic heterocycles. The number of hydrogen-bond acceptors (Lipinski definition) is 3. The van der Waals surface area contributed by atoms with Crippen LogP contribution in [0, 0.1) is 12.7 Å². The topological polar surface area (TPSA) is 35.5 Å². The lowest BCUT2D eigenvalue weighted by Crippen LogP contribution is -2.45. The van der Waals surface area contributed by atoms with Gasteiger partial charge in [-0.15, -0.1) is 12.4 Å². The van der Waals surface area contributed by atoms with Gasteiger partial charge in [-0.1, -0.05) is 17.7 Å². The highest BCUT2D eigenvalue weighted by Crippen LogP contribution is 2.34. The van der Waals surface area contributed by atoms with E-state index in [0.29, 0.717) is 17.0 Å². The smallest absolute Gasteiger partial charge is 0.129 e. The Balaban J connectivity index is 0.00000200. The lowest BCUT2D eigenvalue weighted by atomic mass is 9.98. The fourth-order valence-corrected chi connectivity index (χ4v) is 2.89. The lowest BCUT2D eigenvalue weighted by Gasteiger charge is -2.35. The Morgan fingerprint density at radius 2 is 2.05 bits per heavy atom. The molecule has 0 bridgehead atoms. The fraction of sp³-hybridized carbons (Fsp3) is 0.571. The first-order chi connectivity index (χ1) is 9.15. The van der Waals surface area contributed by atoms with Crippen LogP contribution < -0.4 is 5.32 Å². The summed E-state index contributed by atoms with van der Waals surface area (Å²) in [6.45, 7) is 5.35. The standard InChI is InChI=1S/C14H20ClFN2O.ClH/c1-10-2-3-11(16)13(14(10)15)12(4-9-19)18-7-5-17-6-8-18;/h2-3,12,17,19H,4-9H2,1H3;1H/t12-;/m1./s1. The lowest BCUT2D eigenvalue weighted by molar-refractivity contribution is 0.138. The second kappa shape index (κ2) is 8.15. The number of aliphatic hydroxyl groups excluding tert-OH is 1. The first-order valence-electron chi connectivity index (χ1n) is 6.65. The number of aryl methyl sites for hydroxylation is 1. The maximum atomic E-state index is 14.2. The summed E-state index contributed by atoms with van der Waals surface area (Å²) >= 11 is 6.28. The minimum Gasteiger partial charge on any atom is -0.396 e. The molecule has 1 saturated heterocycles. The number of halogens is 3. The summed E-state index contributed by atoms with van der Waals surface area (Å²) < 4.78 is 14.2. The summed E-state index contributed by atoms with van der Waals surface area (Å²) in [5.74, 6) is -0.285. The molecule has 0 aromatic heterocycles. The van der Waals surface area contributed by atoms with E-state index < -0.39 is 0 Å². The van der Waals surface area contributed by atoms with Crippen LogP contribution in [0.2, 0.25) is 5.02 Å². The van der Waals surface area contributed by atoms with Crippen LogP contribution in [-0.2, 0) is 0 Å². The van der Waals surface area contributed by atoms with Gasteiger partial charge in [-0.05, 0) is 25.0 Å². The van der Waals surface area contributed by atoms with Gasteiger partial charge in [-0.2, -0.15) is 0 Å². The molecule has 2 rings (SSSR count). The van der Waals surface area contributed by atoms with Crippen LogP contribution >= 0.6 is 24.0 Å². The molecule has 1 atom stereocenters. The molecule has 6 heteroatoms. The van der Waals surface area contributed by atoms with Crippen molar-refractivity contribution in [3.63, 3.8) is 0 Å². The first-order valence-corrected chi connectivity index (χ1v) is 7.03. The number of benzene rings is 1. The van der Waals surface area contributed by atoms with Crippen molar-refractivity contribution in [2.75, 3.05) is 32.8 Å². The Labute approximate surface area is 130 Å². The van der Waals surface area contributed by atoms with E-state index in [2.05, 4.69) is 10.2 Å². The van der Waals surface area contributed by atoms with Gasteiger partial charge in [-0.25, -0.2) is 4.39 Å². The Bertz CT molecular complexity index is 439. The monoisotopic (exact) mass is 322 g/mol. The minimum absolute atomic E-state index is 0. The van der Waals surface area contributed by atoms with Crippen LogP contribution in [0.15, 0.2) is 12.1 Å². The molecule has 0 amide bonds. The van der Waals surface area contributed by atoms with Crippen LogP contribution in [0.1, 0.15) is 23.6 Å². The van der Waals surface area contributed by atoms with Crippen LogP contribution in [0.25, 0.3) is 0 Å². The normalized spacial score (nSPS) is 17.6. The molecule has 2 N–H and O–H groups in total. The van der Waals surface area contributed by atoms with Gasteiger partial charge in [-0.3, -0.25) is 4.90 Å². The highest BCUT2D eigenvalue weighted by atomic mass is 35.5. The van der Waals surface area contributed by atoms with Crippen molar-refractivity contribution < 1.29 is 9.50 Å². The SMILES string of the molecule is Cc1ccc(F)c([C@@H](CCO)N2CCNCC2)c1Cl.Cl. The van der Waals surface area contributed by atoms with Crippen molar-refractivity contribution in [3.8, 4) is 0 Å². The number of rotatable bonds is 4. The molecule has 0 aliphatic carbocycles. The van der Waals surface area contributed by atoms with Crippen molar-refractivity contribution >= 4 is 24.0 Å². The summed E-state index contributed by atoms with van der Waals surface area (Å²) in [5.41, 5.74) is 1.40. The average molecular weight is 323 g/mol. The molecule has 1 heterocycles. The molecule has 1 aromatic carbocycles. The molecule has 0 radical (unpaired) electrons. The molecule has 1 aliphatic rings. The zero-order valence-electron chi connectivity index (χ0n) is 11.5. The van der Waals surface area contributed by atoms with Crippen LogP contribution in [0.3, 0.4) is 0 Å². The van der Waals surface area contributed by atoms with Gasteiger partial charge in [0.15, 0.2) is 0 Å². The van der Waals surface area contributed by atoms with E-state index in [1.54, 1.807) is 6.07 Å². The van der Waals surface area contributed by atoms with Crippen LogP contribution in [0.5, 0.6) is 0 Å². The van der Waals surface area contributed by atoms with Crippen LogP contribution in [-0.4, -0.2) is 42.8 Å². The average Bonchev–Trinajstić information content (AvgIpc) is 2.43. The number of nitrogens with one attached hydrogen (secondary N) is 1. The van der Waals surface area contributed by atoms with Gasteiger partial charge in [0.25, 0.3) is 0 Å². The molecule has 0 spiro atoms. The predicted octanol–water partition coefficient (Wildman–Crippen LogP) is 2.54. The van der Waals surface area contributed by atoms with Crippen molar-refractivity contribution in [2.24, 2.45) is 0 Å². The molecule has 114 valence electrons. The summed E-state index contributed by atoms with van der Waals surface area (Å²) in [5, 5.41) is 13.0. The van der Waals surface area contributed by atoms with Gasteiger partial charge in [0.2, 0.25) is 0 Å². The molecular weight excluding hydrogens is 302 g/mol. The van der Waals surface area contributed by atoms with Crippen molar-refractivity contribution in [2.45, 2.75) is 19.4 Å². The second-order valence-electron chi connectivity index (χ2n) is 4.91. The Morgan fingerprint density at radius 3 is 2.65 bits per heavy atom. The van der Waals surface area contributed by atoms with E-state index in [9.17, 15) is 9.50 Å². The number of aliphatic hydroxyl groups is 1. The van der Waals surface area contributed by atoms with Gasteiger partial charge in [0, 0.05) is 44.4 Å². The van der Waals surface area contributed by atoms with Gasteiger partial charge in [0.1, 0.15) is 5.82 Å². The first kappa shape index (κ1) is 17.7. The van der Waals surface area contributed by atoms with E-state index in [-0.39, 0.29) is 30.9 Å². The molecule has 3 nitrogen and oxygen atoms in total. The molecule has 0 saturated carbocycles. The predicted molar refractivity (Wildman–Crippen MR) is 82.3 cm³/mol. The van der Waals surface area contributed by atoms with E-state index in [0.717, 1.165) is 31.7 Å². The van der Waals surface area contributed by atoms with Crippen molar-refractivity contribution in [1.82, 2.24) is 10.2 Å². The fourth-order valence-electron chi connectivity index (χ4n) is 2.61. The number of piperazine rings is 1. The Hall–Kier alpha value is -0.390. The largest absolute Gasteiger partial charge is 0.396 e. The zero-order valence-corrected chi connectivity index (χ0v) is 13.1. The maximum Gasteiger partial charge on any atom is 0.129 e. The van der Waals surface area contributed by atoms with Gasteiger partial charge >= 0.3 is 0 Å². The molecule has 0 unspecified atom stereocenters. The number of hydrogen-bond donors (Lipinski definition) is 2. The second-order valence-corrected chi connectivity index (χ2v) is 5.28. The Morgan fingerprint density at radius 1 is 1.40 bits per heavy atom. The molecule has 1 aromatic rings. The molecule has 1 fully saturated rings. The molecule has 20 heavy (non-hydrogen) atoms. The zero-order chi connectivity index (χ0) is 13.8. The van der Waals surface area contributed by atoms with E-state index in [1.165, 1.54) is 6.07 Å². The Kier molecular flexibility index (Phi) is 7.20. The third-order valence-electron chi connectivity index (χ3n) is 3.65. The van der Waals surface area contributed by atoms with Crippen LogP contribution in [0.4, 0.5) is 4.39 Å². The quantitative estimate of drug-likeness (QED) is 0.894. The third kappa shape index (κ3) is 3.83. The van der Waals surface area contributed by atoms with Crippen molar-refractivity contribution in [1.29, 1.82) is 0 Å². The number of nitrogens with zero attached hydrogens (tertiary/aromatic N) is 1. The highest BCUT2D eigenvalue weighted by Gasteiger charge is 2.26. The summed E-state index contributed by atoms with van der Waals surface area (Å²) in [6, 6.07) is 3.00. The maximum absolute atomic E-state index is 14.2. The minimum atomic E-state index is -0.285. The summed E-state index contributed by atoms with van der Waals surface area (Å²) in [4.78, 5) is 2.19. The third-order valence-corrected chi connectivity index (χ3v) is 4.15. The van der Waals surface area contributed by atoms with E-state index >= 15 is 0 Å². The molecular formula is C14H21Cl2FN2O. The van der Waals surface area contributed by atoms with E-state index in [4.69, 9.17) is 11.6 Å². The van der Waals surface area contributed by atoms with Crippen molar-refractivity contribution in [3.05, 3.63) is 34.1 Å². The van der Waals surface area contributed by atoms with Gasteiger partial charge in [0.05, 0.1) is 5.02 Å². The van der Waals surface area contributed by atoms with E-state index in [1.807, 2.05) is 6.92 Å². The van der Waals surface area contributed by atoms with Gasteiger partial charge < -0.3 is 10.4 Å². The highest BCUT2D eigenvalue weighted by molar-refractivity contribution is 6.32. The summed E-state index contributed by atoms with van der Waals surface area (Å²) in [6.07, 6.45) is 0.500. The summed E-state index contributed by atoms with van der Waals surface area (Å²) in [7, 11) is 0.